The third-order valence-electron chi connectivity index (χ3n) is 18.2. The van der Waals surface area contributed by atoms with Crippen LogP contribution in [-0.2, 0) is 14.3 Å². The minimum Gasteiger partial charge on any atom is -0.466 e. The summed E-state index contributed by atoms with van der Waals surface area (Å²) in [6.45, 7) is 4.99. The van der Waals surface area contributed by atoms with Gasteiger partial charge < -0.3 is 20.3 Å². The van der Waals surface area contributed by atoms with Gasteiger partial charge in [0.25, 0.3) is 0 Å². The van der Waals surface area contributed by atoms with E-state index >= 15 is 0 Å². The van der Waals surface area contributed by atoms with Gasteiger partial charge in [-0.05, 0) is 77.0 Å². The molecular formula is C78H151NO5. The van der Waals surface area contributed by atoms with Crippen molar-refractivity contribution in [2.45, 2.75) is 450 Å². The van der Waals surface area contributed by atoms with Crippen LogP contribution in [0.2, 0.25) is 0 Å². The number of allylic oxidation sites excluding steroid dienone is 4. The van der Waals surface area contributed by atoms with Gasteiger partial charge in [-0.2, -0.15) is 0 Å². The van der Waals surface area contributed by atoms with Gasteiger partial charge in [-0.1, -0.05) is 372 Å². The third-order valence-corrected chi connectivity index (χ3v) is 18.2. The lowest BCUT2D eigenvalue weighted by atomic mass is 10.0. The molecule has 2 unspecified atom stereocenters. The summed E-state index contributed by atoms with van der Waals surface area (Å²) in [5, 5.41) is 23.4. The quantitative estimate of drug-likeness (QED) is 0.0320. The number of aliphatic hydroxyl groups excluding tert-OH is 2. The second-order valence-electron chi connectivity index (χ2n) is 26.7. The number of ether oxygens (including phenoxy) is 1. The van der Waals surface area contributed by atoms with Gasteiger partial charge in [0.15, 0.2) is 0 Å². The lowest BCUT2D eigenvalue weighted by molar-refractivity contribution is -0.143. The van der Waals surface area contributed by atoms with Crippen LogP contribution in [0.1, 0.15) is 438 Å². The molecule has 6 nitrogen and oxygen atoms in total. The van der Waals surface area contributed by atoms with E-state index in [4.69, 9.17) is 4.74 Å². The maximum Gasteiger partial charge on any atom is 0.305 e. The largest absolute Gasteiger partial charge is 0.466 e. The van der Waals surface area contributed by atoms with Crippen molar-refractivity contribution in [1.82, 2.24) is 5.32 Å². The van der Waals surface area contributed by atoms with Crippen LogP contribution in [0, 0.1) is 0 Å². The molecule has 6 heteroatoms. The minimum atomic E-state index is -0.663. The van der Waals surface area contributed by atoms with Crippen molar-refractivity contribution in [2.24, 2.45) is 0 Å². The highest BCUT2D eigenvalue weighted by Gasteiger charge is 2.20. The maximum absolute atomic E-state index is 12.5. The maximum atomic E-state index is 12.5. The average molecular weight is 1180 g/mol. The third kappa shape index (κ3) is 69.4. The first kappa shape index (κ1) is 82.3. The fourth-order valence-corrected chi connectivity index (χ4v) is 12.3. The molecule has 0 saturated heterocycles. The zero-order valence-corrected chi connectivity index (χ0v) is 57.2. The summed E-state index contributed by atoms with van der Waals surface area (Å²) in [6, 6.07) is -0.540. The Bertz CT molecular complexity index is 1320. The van der Waals surface area contributed by atoms with Crippen LogP contribution in [0.3, 0.4) is 0 Å². The summed E-state index contributed by atoms with van der Waals surface area (Å²) in [7, 11) is 0. The van der Waals surface area contributed by atoms with E-state index in [0.717, 1.165) is 44.9 Å². The number of hydrogen-bond donors (Lipinski definition) is 3. The number of hydrogen-bond acceptors (Lipinski definition) is 5. The Kier molecular flexibility index (Phi) is 72.3. The highest BCUT2D eigenvalue weighted by molar-refractivity contribution is 5.76. The molecule has 0 aliphatic carbocycles. The van der Waals surface area contributed by atoms with Crippen molar-refractivity contribution in [3.05, 3.63) is 24.3 Å². The lowest BCUT2D eigenvalue weighted by Crippen LogP contribution is -2.45. The van der Waals surface area contributed by atoms with Crippen LogP contribution in [0.4, 0.5) is 0 Å². The summed E-state index contributed by atoms with van der Waals surface area (Å²) in [5.41, 5.74) is 0. The second kappa shape index (κ2) is 73.8. The van der Waals surface area contributed by atoms with Gasteiger partial charge in [-0.3, -0.25) is 9.59 Å². The number of esters is 1. The van der Waals surface area contributed by atoms with Crippen LogP contribution in [0.5, 0.6) is 0 Å². The molecule has 0 aromatic heterocycles. The molecule has 0 saturated carbocycles. The van der Waals surface area contributed by atoms with Gasteiger partial charge in [-0.15, -0.1) is 0 Å². The standard InChI is InChI=1S/C78H151NO5/c1-3-5-7-9-11-13-15-17-19-20-36-39-43-46-50-54-58-62-66-70-76(81)75(74-80)79-77(82)71-67-63-59-55-51-47-44-40-37-34-32-30-28-26-24-22-21-23-25-27-29-31-33-35-38-41-45-49-53-57-61-65-69-73-84-78(83)72-68-64-60-56-52-48-42-18-16-14-12-10-8-6-4-2/h18,25,27,42,75-76,80-81H,3-17,19-24,26,28-41,43-74H2,1-2H3,(H,79,82)/b27-25-,42-18-. The first-order valence-corrected chi connectivity index (χ1v) is 38.6. The predicted molar refractivity (Wildman–Crippen MR) is 370 cm³/mol. The smallest absolute Gasteiger partial charge is 0.305 e. The number of carbonyl (C=O) groups excluding carboxylic acids is 2. The van der Waals surface area contributed by atoms with Gasteiger partial charge in [0.05, 0.1) is 25.4 Å². The lowest BCUT2D eigenvalue weighted by Gasteiger charge is -2.22. The summed E-state index contributed by atoms with van der Waals surface area (Å²) in [5.74, 6) is -0.0156. The molecule has 0 aliphatic heterocycles. The van der Waals surface area contributed by atoms with Crippen molar-refractivity contribution in [3.8, 4) is 0 Å². The number of rotatable bonds is 73. The Balaban J connectivity index is 3.35. The van der Waals surface area contributed by atoms with Crippen LogP contribution in [-0.4, -0.2) is 47.4 Å². The first-order valence-electron chi connectivity index (χ1n) is 38.6. The molecule has 0 fully saturated rings. The zero-order chi connectivity index (χ0) is 60.6. The second-order valence-corrected chi connectivity index (χ2v) is 26.7. The van der Waals surface area contributed by atoms with Crippen molar-refractivity contribution >= 4 is 11.9 Å². The topological polar surface area (TPSA) is 95.9 Å². The fourth-order valence-electron chi connectivity index (χ4n) is 12.3. The van der Waals surface area contributed by atoms with Crippen LogP contribution >= 0.6 is 0 Å². The van der Waals surface area contributed by atoms with Gasteiger partial charge in [0, 0.05) is 12.8 Å². The molecule has 84 heavy (non-hydrogen) atoms. The van der Waals surface area contributed by atoms with E-state index < -0.39 is 12.1 Å². The first-order chi connectivity index (χ1) is 41.5. The van der Waals surface area contributed by atoms with E-state index in [0.29, 0.717) is 25.9 Å². The molecule has 498 valence electrons. The molecule has 3 N–H and O–H groups in total. The Morgan fingerprint density at radius 3 is 0.845 bits per heavy atom. The molecule has 0 aromatic rings. The van der Waals surface area contributed by atoms with Gasteiger partial charge >= 0.3 is 5.97 Å². The number of amides is 1. The van der Waals surface area contributed by atoms with Crippen LogP contribution in [0.25, 0.3) is 0 Å². The van der Waals surface area contributed by atoms with Crippen LogP contribution in [0.15, 0.2) is 24.3 Å². The fraction of sp³-hybridized carbons (Fsp3) is 0.923. The molecule has 0 radical (unpaired) electrons. The molecule has 0 aliphatic rings. The summed E-state index contributed by atoms with van der Waals surface area (Å²) in [4.78, 5) is 24.6. The van der Waals surface area contributed by atoms with E-state index in [1.807, 2.05) is 0 Å². The molecule has 1 amide bonds. The van der Waals surface area contributed by atoms with E-state index in [2.05, 4.69) is 43.5 Å². The Morgan fingerprint density at radius 2 is 0.560 bits per heavy atom. The minimum absolute atomic E-state index is 0.0116. The van der Waals surface area contributed by atoms with Gasteiger partial charge in [0.2, 0.25) is 5.91 Å². The van der Waals surface area contributed by atoms with E-state index in [1.54, 1.807) is 0 Å². The number of unbranched alkanes of at least 4 members (excludes halogenated alkanes) is 58. The Labute approximate surface area is 526 Å². The molecule has 0 spiro atoms. The summed E-state index contributed by atoms with van der Waals surface area (Å²) < 4.78 is 5.50. The average Bonchev–Trinajstić information content (AvgIpc) is 3.51. The normalized spacial score (nSPS) is 12.6. The van der Waals surface area contributed by atoms with E-state index in [-0.39, 0.29) is 18.5 Å². The molecule has 0 bridgehead atoms. The highest BCUT2D eigenvalue weighted by Crippen LogP contribution is 2.20. The zero-order valence-electron chi connectivity index (χ0n) is 57.2. The number of carbonyl (C=O) groups is 2. The molecule has 2 atom stereocenters. The predicted octanol–water partition coefficient (Wildman–Crippen LogP) is 25.3. The van der Waals surface area contributed by atoms with Gasteiger partial charge in [0.1, 0.15) is 0 Å². The van der Waals surface area contributed by atoms with Crippen molar-refractivity contribution < 1.29 is 24.5 Å². The SMILES string of the molecule is CCCCCCCC/C=C\CCCCCCCC(=O)OCCCCCCCCCCCCCC/C=C\CCCCCCCCCCCCCCCCCCCC(=O)NC(CO)C(O)CCCCCCCCCCCCCCCCCCCCC. The number of aliphatic hydroxyl groups is 2. The summed E-state index contributed by atoms with van der Waals surface area (Å²) >= 11 is 0. The Hall–Kier alpha value is -1.66. The molecule has 0 aromatic carbocycles. The monoisotopic (exact) mass is 1180 g/mol. The van der Waals surface area contributed by atoms with Crippen molar-refractivity contribution in [2.75, 3.05) is 13.2 Å². The van der Waals surface area contributed by atoms with E-state index in [1.165, 1.54) is 360 Å². The molecule has 0 heterocycles. The number of nitrogens with one attached hydrogen (secondary N) is 1. The molecule has 0 rings (SSSR count). The Morgan fingerprint density at radius 1 is 0.321 bits per heavy atom. The summed E-state index contributed by atoms with van der Waals surface area (Å²) in [6.07, 6.45) is 94.0. The van der Waals surface area contributed by atoms with Crippen molar-refractivity contribution in [1.29, 1.82) is 0 Å². The molecular weight excluding hydrogens is 1030 g/mol. The van der Waals surface area contributed by atoms with Crippen molar-refractivity contribution in [3.63, 3.8) is 0 Å². The van der Waals surface area contributed by atoms with Gasteiger partial charge in [-0.25, -0.2) is 0 Å². The van der Waals surface area contributed by atoms with E-state index in [9.17, 15) is 19.8 Å². The van der Waals surface area contributed by atoms with Crippen LogP contribution < -0.4 is 5.32 Å². The highest BCUT2D eigenvalue weighted by atomic mass is 16.5.